The molecule has 2 aliphatic rings. The first-order chi connectivity index (χ1) is 17.0. The van der Waals surface area contributed by atoms with E-state index in [0.717, 1.165) is 35.5 Å². The van der Waals surface area contributed by atoms with Crippen molar-refractivity contribution in [3.8, 4) is 11.3 Å². The van der Waals surface area contributed by atoms with E-state index in [0.29, 0.717) is 17.2 Å². The number of anilines is 4. The maximum absolute atomic E-state index is 12.9. The van der Waals surface area contributed by atoms with Crippen LogP contribution in [0.1, 0.15) is 59.2 Å². The van der Waals surface area contributed by atoms with Gasteiger partial charge in [-0.1, -0.05) is 19.0 Å². The summed E-state index contributed by atoms with van der Waals surface area (Å²) in [5, 5.41) is 15.2. The highest BCUT2D eigenvalue weighted by Crippen LogP contribution is 2.46. The van der Waals surface area contributed by atoms with Crippen molar-refractivity contribution in [2.24, 2.45) is 13.0 Å². The number of ketones is 1. The van der Waals surface area contributed by atoms with E-state index in [1.165, 1.54) is 6.20 Å². The molecule has 1 aromatic carbocycles. The van der Waals surface area contributed by atoms with E-state index in [-0.39, 0.29) is 23.4 Å². The first kappa shape index (κ1) is 17.8. The fourth-order valence-electron chi connectivity index (χ4n) is 4.15. The molecule has 0 spiro atoms. The summed E-state index contributed by atoms with van der Waals surface area (Å²) < 4.78 is 22.6. The van der Waals surface area contributed by atoms with Crippen molar-refractivity contribution in [1.29, 1.82) is 0 Å². The lowest BCUT2D eigenvalue weighted by atomic mass is 9.96. The number of carbonyl (C=O) groups excluding carboxylic acids is 2. The molecule has 9 heteroatoms. The predicted molar refractivity (Wildman–Crippen MR) is 127 cm³/mol. The van der Waals surface area contributed by atoms with Gasteiger partial charge in [0.2, 0.25) is 5.91 Å². The van der Waals surface area contributed by atoms with Gasteiger partial charge >= 0.3 is 0 Å². The van der Waals surface area contributed by atoms with E-state index in [2.05, 4.69) is 30.7 Å². The Morgan fingerprint density at radius 3 is 2.79 bits per heavy atom. The van der Waals surface area contributed by atoms with Crippen molar-refractivity contribution < 1.29 is 13.7 Å². The Bertz CT molecular complexity index is 1360. The number of hydrogen-bond acceptors (Lipinski definition) is 7. The second kappa shape index (κ2) is 7.99. The van der Waals surface area contributed by atoms with Gasteiger partial charge in [-0.15, -0.1) is 0 Å². The highest BCUT2D eigenvalue weighted by atomic mass is 16.2. The van der Waals surface area contributed by atoms with Gasteiger partial charge in [-0.2, -0.15) is 15.0 Å². The Balaban J connectivity index is 1.56. The summed E-state index contributed by atoms with van der Waals surface area (Å²) in [6.07, 6.45) is 2.39. The van der Waals surface area contributed by atoms with Crippen LogP contribution in [0.3, 0.4) is 0 Å². The van der Waals surface area contributed by atoms with Gasteiger partial charge in [0.15, 0.2) is 5.78 Å². The first-order valence-electron chi connectivity index (χ1n) is 12.4. The quantitative estimate of drug-likeness (QED) is 0.548. The van der Waals surface area contributed by atoms with Crippen molar-refractivity contribution in [1.82, 2.24) is 20.0 Å². The Hall–Kier alpha value is -3.75. The van der Waals surface area contributed by atoms with Crippen LogP contribution in [0, 0.1) is 5.92 Å². The van der Waals surface area contributed by atoms with Crippen LogP contribution in [0.15, 0.2) is 30.5 Å². The maximum Gasteiger partial charge on any atom is 0.228 e. The number of benzene rings is 1. The summed E-state index contributed by atoms with van der Waals surface area (Å²) in [7, 11) is 3.74. The number of rotatable bonds is 6. The topological polar surface area (TPSA) is 105 Å². The minimum absolute atomic E-state index is 0.0162. The monoisotopic (exact) mass is 448 g/mol. The predicted octanol–water partition coefficient (Wildman–Crippen LogP) is 4.07. The van der Waals surface area contributed by atoms with Crippen LogP contribution in [0.5, 0.6) is 0 Å². The molecule has 0 unspecified atom stereocenters. The van der Waals surface area contributed by atoms with Gasteiger partial charge in [-0.3, -0.25) is 9.59 Å². The Morgan fingerprint density at radius 2 is 2.03 bits per heavy atom. The van der Waals surface area contributed by atoms with Crippen LogP contribution in [0.25, 0.3) is 11.3 Å². The molecule has 1 amide bonds. The largest absolute Gasteiger partial charge is 0.364 e. The molecule has 1 fully saturated rings. The smallest absolute Gasteiger partial charge is 0.228 e. The number of aromatic nitrogens is 4. The molecule has 1 aliphatic carbocycles. The number of pyridine rings is 1. The zero-order valence-corrected chi connectivity index (χ0v) is 18.7. The van der Waals surface area contributed by atoms with Crippen molar-refractivity contribution >= 4 is 34.6 Å². The van der Waals surface area contributed by atoms with Crippen LogP contribution in [-0.4, -0.2) is 38.7 Å². The van der Waals surface area contributed by atoms with E-state index >= 15 is 0 Å². The molecular weight excluding hydrogens is 418 g/mol. The number of hydrogen-bond donors (Lipinski definition) is 2. The molecule has 1 saturated carbocycles. The molecule has 9 nitrogen and oxygen atoms in total. The molecule has 3 aromatic rings. The van der Waals surface area contributed by atoms with E-state index < -0.39 is 19.1 Å². The van der Waals surface area contributed by atoms with E-state index in [1.807, 2.05) is 32.2 Å². The molecule has 0 bridgehead atoms. The van der Waals surface area contributed by atoms with Crippen LogP contribution in [0.4, 0.5) is 22.9 Å². The summed E-state index contributed by atoms with van der Waals surface area (Å²) >= 11 is 0. The molecule has 3 heterocycles. The number of Topliss-reactive ketones (excluding diaryl/α,β-unsaturated/α-hetero) is 1. The van der Waals surface area contributed by atoms with Crippen molar-refractivity contribution in [2.75, 3.05) is 22.6 Å². The van der Waals surface area contributed by atoms with Gasteiger partial charge in [0.1, 0.15) is 17.2 Å². The number of amides is 1. The third-order valence-corrected chi connectivity index (χ3v) is 6.19. The normalized spacial score (nSPS) is 18.5. The second-order valence-corrected chi connectivity index (χ2v) is 8.52. The number of para-hydroxylation sites is 1. The minimum atomic E-state index is -2.42. The Morgan fingerprint density at radius 1 is 1.21 bits per heavy atom. The molecule has 170 valence electrons. The average Bonchev–Trinajstić information content (AvgIpc) is 3.58. The number of nitrogens with one attached hydrogen (secondary N) is 2. The number of nitrogens with zero attached hydrogens (tertiary/aromatic N) is 5. The van der Waals surface area contributed by atoms with Gasteiger partial charge in [-0.05, 0) is 25.8 Å². The fourth-order valence-corrected chi connectivity index (χ4v) is 4.15. The SMILES string of the molecule is [2H]C([2H])([2H])CC(=O)c1cnc(NC(=O)C2CC2)cc1Nc1cccc2c1N(C)[C@H](C)c1nn(C)nc1-2. The van der Waals surface area contributed by atoms with Crippen molar-refractivity contribution in [3.05, 3.63) is 41.7 Å². The molecular formula is C24H27N7O2. The van der Waals surface area contributed by atoms with Crippen molar-refractivity contribution in [2.45, 2.75) is 39.1 Å². The Kier molecular flexibility index (Phi) is 4.30. The maximum atomic E-state index is 12.9. The highest BCUT2D eigenvalue weighted by Gasteiger charge is 2.32. The first-order valence-corrected chi connectivity index (χ1v) is 10.9. The number of fused-ring (bicyclic) bond motifs is 3. The fraction of sp³-hybridized carbons (Fsp3) is 0.375. The molecule has 0 radical (unpaired) electrons. The lowest BCUT2D eigenvalue weighted by molar-refractivity contribution is -0.117. The molecule has 2 aromatic heterocycles. The van der Waals surface area contributed by atoms with E-state index in [9.17, 15) is 9.59 Å². The third-order valence-electron chi connectivity index (χ3n) is 6.19. The van der Waals surface area contributed by atoms with Gasteiger partial charge in [-0.25, -0.2) is 4.98 Å². The number of carbonyl (C=O) groups is 2. The lowest BCUT2D eigenvalue weighted by Gasteiger charge is -2.34. The minimum Gasteiger partial charge on any atom is -0.364 e. The van der Waals surface area contributed by atoms with Gasteiger partial charge in [0, 0.05) is 48.4 Å². The van der Waals surface area contributed by atoms with Gasteiger partial charge < -0.3 is 15.5 Å². The highest BCUT2D eigenvalue weighted by molar-refractivity contribution is 6.03. The van der Waals surface area contributed by atoms with Crippen LogP contribution < -0.4 is 15.5 Å². The third kappa shape index (κ3) is 3.73. The molecule has 1 atom stereocenters. The Labute approximate surface area is 196 Å². The zero-order valence-electron chi connectivity index (χ0n) is 21.7. The summed E-state index contributed by atoms with van der Waals surface area (Å²) in [6, 6.07) is 7.25. The molecule has 33 heavy (non-hydrogen) atoms. The molecule has 0 saturated heterocycles. The van der Waals surface area contributed by atoms with Crippen LogP contribution in [0.2, 0.25) is 0 Å². The second-order valence-electron chi connectivity index (χ2n) is 8.52. The number of aryl methyl sites for hydroxylation is 1. The summed E-state index contributed by atoms with van der Waals surface area (Å²) in [6.45, 7) is -0.381. The lowest BCUT2D eigenvalue weighted by Crippen LogP contribution is -2.27. The summed E-state index contributed by atoms with van der Waals surface area (Å²) in [5.41, 5.74) is 4.61. The van der Waals surface area contributed by atoms with Gasteiger partial charge in [0.25, 0.3) is 0 Å². The van der Waals surface area contributed by atoms with E-state index in [4.69, 9.17) is 4.11 Å². The van der Waals surface area contributed by atoms with Crippen LogP contribution >= 0.6 is 0 Å². The molecule has 2 N–H and O–H groups in total. The summed E-state index contributed by atoms with van der Waals surface area (Å²) in [4.78, 5) is 33.1. The zero-order chi connectivity index (χ0) is 25.8. The van der Waals surface area contributed by atoms with Crippen molar-refractivity contribution in [3.63, 3.8) is 0 Å². The molecule has 5 rings (SSSR count). The van der Waals surface area contributed by atoms with Crippen LogP contribution in [-0.2, 0) is 11.8 Å². The average molecular weight is 449 g/mol. The standard InChI is InChI=1S/C24H27N7O2/c1-5-19(32)16-12-25-20(27-24(33)14-9-10-14)11-18(16)26-17-8-6-7-15-22-21(28-31(4)29-22)13(2)30(3)23(15)17/h6-8,11-14H,5,9-10H2,1-4H3,(H2,25,26,27,33)/t13-/m1/s1/i1D3. The van der Waals surface area contributed by atoms with E-state index in [1.54, 1.807) is 17.9 Å². The van der Waals surface area contributed by atoms with Gasteiger partial charge in [0.05, 0.1) is 28.7 Å². The molecule has 1 aliphatic heterocycles. The summed E-state index contributed by atoms with van der Waals surface area (Å²) in [5.74, 6) is -0.399.